The second-order valence-electron chi connectivity index (χ2n) is 3.34. The standard InChI is InChI=1S/C11H11N3OS/c1-7-12-9(10-4-3-5-16-10)6-11(13-7)14-8(2)15/h3-6H,1-2H3,(H,12,13,14,15). The number of hydrogen-bond donors (Lipinski definition) is 1. The average Bonchev–Trinajstić information content (AvgIpc) is 2.67. The molecule has 0 saturated heterocycles. The van der Waals surface area contributed by atoms with E-state index in [1.54, 1.807) is 17.4 Å². The van der Waals surface area contributed by atoms with E-state index >= 15 is 0 Å². The zero-order chi connectivity index (χ0) is 11.5. The summed E-state index contributed by atoms with van der Waals surface area (Å²) in [5, 5.41) is 4.65. The molecule has 0 aliphatic heterocycles. The summed E-state index contributed by atoms with van der Waals surface area (Å²) < 4.78 is 0. The van der Waals surface area contributed by atoms with Crippen molar-refractivity contribution in [3.8, 4) is 10.6 Å². The fourth-order valence-electron chi connectivity index (χ4n) is 1.36. The second kappa shape index (κ2) is 4.40. The fourth-order valence-corrected chi connectivity index (χ4v) is 2.05. The first-order chi connectivity index (χ1) is 7.65. The highest BCUT2D eigenvalue weighted by molar-refractivity contribution is 7.13. The van der Waals surface area contributed by atoms with Gasteiger partial charge < -0.3 is 5.32 Å². The largest absolute Gasteiger partial charge is 0.311 e. The van der Waals surface area contributed by atoms with Crippen LogP contribution in [0.1, 0.15) is 12.7 Å². The van der Waals surface area contributed by atoms with E-state index in [-0.39, 0.29) is 5.91 Å². The third-order valence-electron chi connectivity index (χ3n) is 1.92. The predicted molar refractivity (Wildman–Crippen MR) is 64.4 cm³/mol. The predicted octanol–water partition coefficient (Wildman–Crippen LogP) is 2.47. The minimum absolute atomic E-state index is 0.129. The summed E-state index contributed by atoms with van der Waals surface area (Å²) in [7, 11) is 0. The minimum Gasteiger partial charge on any atom is -0.311 e. The SMILES string of the molecule is CC(=O)Nc1cc(-c2cccs2)nc(C)n1. The molecule has 2 rings (SSSR count). The van der Waals surface area contributed by atoms with Crippen LogP contribution in [0, 0.1) is 6.92 Å². The lowest BCUT2D eigenvalue weighted by molar-refractivity contribution is -0.114. The molecule has 0 saturated carbocycles. The van der Waals surface area contributed by atoms with Crippen molar-refractivity contribution >= 4 is 23.1 Å². The Morgan fingerprint density at radius 1 is 1.44 bits per heavy atom. The molecule has 5 heteroatoms. The molecule has 82 valence electrons. The topological polar surface area (TPSA) is 54.9 Å². The molecule has 16 heavy (non-hydrogen) atoms. The molecule has 0 spiro atoms. The lowest BCUT2D eigenvalue weighted by Gasteiger charge is -2.04. The van der Waals surface area contributed by atoms with Gasteiger partial charge in [-0.15, -0.1) is 11.3 Å². The van der Waals surface area contributed by atoms with Crippen molar-refractivity contribution in [3.05, 3.63) is 29.4 Å². The first kappa shape index (κ1) is 10.8. The van der Waals surface area contributed by atoms with Crippen molar-refractivity contribution in [1.82, 2.24) is 9.97 Å². The first-order valence-corrected chi connectivity index (χ1v) is 5.70. The highest BCUT2D eigenvalue weighted by Gasteiger charge is 2.05. The van der Waals surface area contributed by atoms with E-state index < -0.39 is 0 Å². The zero-order valence-corrected chi connectivity index (χ0v) is 9.84. The Balaban J connectivity index is 2.40. The van der Waals surface area contributed by atoms with Gasteiger partial charge in [0.25, 0.3) is 0 Å². The molecule has 0 radical (unpaired) electrons. The molecule has 0 aliphatic rings. The molecular formula is C11H11N3OS. The quantitative estimate of drug-likeness (QED) is 0.867. The summed E-state index contributed by atoms with van der Waals surface area (Å²) in [6, 6.07) is 5.74. The molecule has 2 aromatic rings. The molecule has 0 aromatic carbocycles. The van der Waals surface area contributed by atoms with Gasteiger partial charge in [-0.3, -0.25) is 4.79 Å². The number of nitrogens with one attached hydrogen (secondary N) is 1. The molecule has 1 amide bonds. The van der Waals surface area contributed by atoms with Crippen LogP contribution < -0.4 is 5.32 Å². The van der Waals surface area contributed by atoms with Gasteiger partial charge in [-0.1, -0.05) is 6.07 Å². The lowest BCUT2D eigenvalue weighted by atomic mass is 10.3. The molecule has 0 unspecified atom stereocenters. The Kier molecular flexibility index (Phi) is 2.96. The Hall–Kier alpha value is -1.75. The fraction of sp³-hybridized carbons (Fsp3) is 0.182. The van der Waals surface area contributed by atoms with Crippen molar-refractivity contribution in [1.29, 1.82) is 0 Å². The molecule has 4 nitrogen and oxygen atoms in total. The van der Waals surface area contributed by atoms with Crippen molar-refractivity contribution in [3.63, 3.8) is 0 Å². The molecule has 1 N–H and O–H groups in total. The third-order valence-corrected chi connectivity index (χ3v) is 2.81. The Morgan fingerprint density at radius 2 is 2.25 bits per heavy atom. The van der Waals surface area contributed by atoms with Crippen LogP contribution in [0.3, 0.4) is 0 Å². The van der Waals surface area contributed by atoms with Crippen molar-refractivity contribution in [2.45, 2.75) is 13.8 Å². The maximum atomic E-state index is 11.0. The number of aromatic nitrogens is 2. The Bertz CT molecular complexity index is 508. The normalized spacial score (nSPS) is 10.1. The monoisotopic (exact) mass is 233 g/mol. The number of anilines is 1. The molecule has 0 bridgehead atoms. The summed E-state index contributed by atoms with van der Waals surface area (Å²) in [6.07, 6.45) is 0. The van der Waals surface area contributed by atoms with Crippen LogP contribution in [0.25, 0.3) is 10.6 Å². The van der Waals surface area contributed by atoms with Crippen LogP contribution in [0.15, 0.2) is 23.6 Å². The van der Waals surface area contributed by atoms with E-state index in [0.717, 1.165) is 10.6 Å². The zero-order valence-electron chi connectivity index (χ0n) is 9.02. The van der Waals surface area contributed by atoms with Crippen LogP contribution in [-0.2, 0) is 4.79 Å². The van der Waals surface area contributed by atoms with Gasteiger partial charge in [0.15, 0.2) is 0 Å². The smallest absolute Gasteiger partial charge is 0.222 e. The van der Waals surface area contributed by atoms with Gasteiger partial charge in [-0.05, 0) is 18.4 Å². The second-order valence-corrected chi connectivity index (χ2v) is 4.29. The van der Waals surface area contributed by atoms with E-state index in [1.165, 1.54) is 6.92 Å². The van der Waals surface area contributed by atoms with Gasteiger partial charge in [-0.2, -0.15) is 0 Å². The number of amides is 1. The summed E-state index contributed by atoms with van der Waals surface area (Å²) in [5.74, 6) is 1.06. The molecule has 2 aromatic heterocycles. The summed E-state index contributed by atoms with van der Waals surface area (Å²) in [6.45, 7) is 3.27. The van der Waals surface area contributed by atoms with Gasteiger partial charge in [0.1, 0.15) is 11.6 Å². The lowest BCUT2D eigenvalue weighted by Crippen LogP contribution is -2.08. The van der Waals surface area contributed by atoms with Crippen LogP contribution >= 0.6 is 11.3 Å². The number of aryl methyl sites for hydroxylation is 1. The number of carbonyl (C=O) groups is 1. The van der Waals surface area contributed by atoms with Crippen LogP contribution in [0.5, 0.6) is 0 Å². The minimum atomic E-state index is -0.129. The molecule has 0 atom stereocenters. The van der Waals surface area contributed by atoms with Gasteiger partial charge in [0, 0.05) is 13.0 Å². The van der Waals surface area contributed by atoms with Crippen molar-refractivity contribution in [2.75, 3.05) is 5.32 Å². The number of hydrogen-bond acceptors (Lipinski definition) is 4. The van der Waals surface area contributed by atoms with Gasteiger partial charge in [-0.25, -0.2) is 9.97 Å². The maximum absolute atomic E-state index is 11.0. The number of thiophene rings is 1. The van der Waals surface area contributed by atoms with E-state index in [4.69, 9.17) is 0 Å². The average molecular weight is 233 g/mol. The van der Waals surface area contributed by atoms with E-state index in [2.05, 4.69) is 15.3 Å². The van der Waals surface area contributed by atoms with Crippen LogP contribution in [0.2, 0.25) is 0 Å². The Morgan fingerprint density at radius 3 is 2.88 bits per heavy atom. The first-order valence-electron chi connectivity index (χ1n) is 4.82. The summed E-state index contributed by atoms with van der Waals surface area (Å²) >= 11 is 1.61. The summed E-state index contributed by atoms with van der Waals surface area (Å²) in [5.41, 5.74) is 0.839. The van der Waals surface area contributed by atoms with E-state index in [9.17, 15) is 4.79 Å². The van der Waals surface area contributed by atoms with Gasteiger partial charge in [0.2, 0.25) is 5.91 Å². The molecule has 0 aliphatic carbocycles. The molecular weight excluding hydrogens is 222 g/mol. The molecule has 2 heterocycles. The number of rotatable bonds is 2. The highest BCUT2D eigenvalue weighted by Crippen LogP contribution is 2.24. The van der Waals surface area contributed by atoms with E-state index in [0.29, 0.717) is 11.6 Å². The van der Waals surface area contributed by atoms with Crippen molar-refractivity contribution < 1.29 is 4.79 Å². The van der Waals surface area contributed by atoms with Crippen LogP contribution in [-0.4, -0.2) is 15.9 Å². The van der Waals surface area contributed by atoms with Gasteiger partial charge in [0.05, 0.1) is 10.6 Å². The van der Waals surface area contributed by atoms with Crippen LogP contribution in [0.4, 0.5) is 5.82 Å². The number of carbonyl (C=O) groups excluding carboxylic acids is 1. The van der Waals surface area contributed by atoms with Crippen molar-refractivity contribution in [2.24, 2.45) is 0 Å². The molecule has 0 fully saturated rings. The third kappa shape index (κ3) is 2.43. The van der Waals surface area contributed by atoms with E-state index in [1.807, 2.05) is 24.4 Å². The Labute approximate surface area is 97.4 Å². The number of nitrogens with zero attached hydrogens (tertiary/aromatic N) is 2. The summed E-state index contributed by atoms with van der Waals surface area (Å²) in [4.78, 5) is 20.5. The highest BCUT2D eigenvalue weighted by atomic mass is 32.1. The maximum Gasteiger partial charge on any atom is 0.222 e. The van der Waals surface area contributed by atoms with Gasteiger partial charge >= 0.3 is 0 Å².